The van der Waals surface area contributed by atoms with Gasteiger partial charge in [0.1, 0.15) is 12.3 Å². The topological polar surface area (TPSA) is 26.3 Å². The summed E-state index contributed by atoms with van der Waals surface area (Å²) < 4.78 is 19.8. The lowest BCUT2D eigenvalue weighted by Crippen LogP contribution is -2.35. The van der Waals surface area contributed by atoms with Crippen LogP contribution in [0.1, 0.15) is 97.3 Å². The Bertz CT molecular complexity index is 435. The average Bonchev–Trinajstić information content (AvgIpc) is 2.68. The Morgan fingerprint density at radius 2 is 1.46 bits per heavy atom. The van der Waals surface area contributed by atoms with Crippen LogP contribution in [0.15, 0.2) is 0 Å². The number of rotatable bonds is 5. The van der Waals surface area contributed by atoms with Gasteiger partial charge in [-0.05, 0) is 75.0 Å². The molecule has 150 valence electrons. The molecular formula is C23H39FO2. The molecule has 0 aromatic rings. The van der Waals surface area contributed by atoms with Gasteiger partial charge >= 0.3 is 5.97 Å². The van der Waals surface area contributed by atoms with Crippen molar-refractivity contribution in [2.24, 2.45) is 29.6 Å². The fourth-order valence-electron chi connectivity index (χ4n) is 5.86. The van der Waals surface area contributed by atoms with Crippen molar-refractivity contribution in [3.8, 4) is 0 Å². The minimum atomic E-state index is -0.791. The SMILES string of the molecule is CCC1CCC(C2CCC(C(=O)OC3CCC(CC)C(F)C3)CC2)CC1. The summed E-state index contributed by atoms with van der Waals surface area (Å²) >= 11 is 0. The summed E-state index contributed by atoms with van der Waals surface area (Å²) in [4.78, 5) is 12.5. The molecule has 3 rings (SSSR count). The van der Waals surface area contributed by atoms with E-state index in [1.807, 2.05) is 0 Å². The Kier molecular flexibility index (Phi) is 7.40. The normalized spacial score (nSPS) is 41.6. The molecule has 0 heterocycles. The molecule has 0 saturated heterocycles. The van der Waals surface area contributed by atoms with Crippen molar-refractivity contribution in [1.82, 2.24) is 0 Å². The number of hydrogen-bond donors (Lipinski definition) is 0. The van der Waals surface area contributed by atoms with Gasteiger partial charge in [-0.1, -0.05) is 39.5 Å². The number of halogens is 1. The Balaban J connectivity index is 1.39. The van der Waals surface area contributed by atoms with Gasteiger partial charge in [-0.2, -0.15) is 0 Å². The van der Waals surface area contributed by atoms with Gasteiger partial charge in [-0.15, -0.1) is 0 Å². The van der Waals surface area contributed by atoms with Crippen LogP contribution in [0.25, 0.3) is 0 Å². The second-order valence-corrected chi connectivity index (χ2v) is 9.36. The van der Waals surface area contributed by atoms with Crippen LogP contribution in [-0.4, -0.2) is 18.2 Å². The van der Waals surface area contributed by atoms with E-state index < -0.39 is 6.17 Å². The summed E-state index contributed by atoms with van der Waals surface area (Å²) in [5.41, 5.74) is 0. The van der Waals surface area contributed by atoms with Crippen molar-refractivity contribution in [1.29, 1.82) is 0 Å². The monoisotopic (exact) mass is 366 g/mol. The maximum absolute atomic E-state index is 14.1. The Morgan fingerprint density at radius 1 is 0.846 bits per heavy atom. The fraction of sp³-hybridized carbons (Fsp3) is 0.957. The molecule has 3 unspecified atom stereocenters. The molecule has 26 heavy (non-hydrogen) atoms. The molecule has 3 fully saturated rings. The standard InChI is InChI=1S/C23H39FO2/c1-3-16-5-7-18(8-6-16)19-9-11-20(12-10-19)23(25)26-21-14-13-17(4-2)22(24)15-21/h16-22H,3-15H2,1-2H3. The van der Waals surface area contributed by atoms with Crippen LogP contribution >= 0.6 is 0 Å². The van der Waals surface area contributed by atoms with Gasteiger partial charge in [0.15, 0.2) is 0 Å². The highest BCUT2D eigenvalue weighted by Crippen LogP contribution is 2.42. The third-order valence-corrected chi connectivity index (χ3v) is 7.91. The van der Waals surface area contributed by atoms with Gasteiger partial charge in [0.2, 0.25) is 0 Å². The largest absolute Gasteiger partial charge is 0.462 e. The van der Waals surface area contributed by atoms with Crippen molar-refractivity contribution >= 4 is 5.97 Å². The quantitative estimate of drug-likeness (QED) is 0.521. The molecule has 3 atom stereocenters. The Morgan fingerprint density at radius 3 is 2.00 bits per heavy atom. The number of carbonyl (C=O) groups excluding carboxylic acids is 1. The fourth-order valence-corrected chi connectivity index (χ4v) is 5.86. The summed E-state index contributed by atoms with van der Waals surface area (Å²) in [6.07, 6.45) is 13.4. The summed E-state index contributed by atoms with van der Waals surface area (Å²) in [5.74, 6) is 2.88. The smallest absolute Gasteiger partial charge is 0.309 e. The number of hydrogen-bond acceptors (Lipinski definition) is 2. The van der Waals surface area contributed by atoms with E-state index in [4.69, 9.17) is 4.74 Å². The molecule has 0 N–H and O–H groups in total. The van der Waals surface area contributed by atoms with E-state index in [1.165, 1.54) is 44.9 Å². The summed E-state index contributed by atoms with van der Waals surface area (Å²) in [6.45, 7) is 4.37. The van der Waals surface area contributed by atoms with Crippen LogP contribution in [-0.2, 0) is 9.53 Å². The maximum Gasteiger partial charge on any atom is 0.309 e. The van der Waals surface area contributed by atoms with Crippen molar-refractivity contribution in [2.45, 2.75) is 110 Å². The van der Waals surface area contributed by atoms with E-state index in [0.29, 0.717) is 6.42 Å². The first-order valence-electron chi connectivity index (χ1n) is 11.4. The van der Waals surface area contributed by atoms with Gasteiger partial charge < -0.3 is 4.74 Å². The zero-order valence-electron chi connectivity index (χ0n) is 16.9. The highest BCUT2D eigenvalue weighted by atomic mass is 19.1. The predicted octanol–water partition coefficient (Wildman–Crippen LogP) is 6.47. The number of alkyl halides is 1. The van der Waals surface area contributed by atoms with Crippen LogP contribution < -0.4 is 0 Å². The minimum Gasteiger partial charge on any atom is -0.462 e. The number of carbonyl (C=O) groups is 1. The molecule has 3 saturated carbocycles. The van der Waals surface area contributed by atoms with E-state index in [1.54, 1.807) is 0 Å². The lowest BCUT2D eigenvalue weighted by atomic mass is 9.69. The molecule has 0 aromatic heterocycles. The second kappa shape index (κ2) is 9.55. The number of ether oxygens (including phenoxy) is 1. The highest BCUT2D eigenvalue weighted by Gasteiger charge is 2.36. The molecule has 0 radical (unpaired) electrons. The maximum atomic E-state index is 14.1. The molecule has 0 aliphatic heterocycles. The second-order valence-electron chi connectivity index (χ2n) is 9.36. The minimum absolute atomic E-state index is 0.0368. The van der Waals surface area contributed by atoms with E-state index in [0.717, 1.165) is 49.9 Å². The molecule has 3 heteroatoms. The third-order valence-electron chi connectivity index (χ3n) is 7.91. The molecule has 3 aliphatic carbocycles. The molecule has 0 spiro atoms. The first kappa shape index (κ1) is 20.1. The Labute approximate surface area is 159 Å². The summed E-state index contributed by atoms with van der Waals surface area (Å²) in [5, 5.41) is 0. The van der Waals surface area contributed by atoms with Crippen molar-refractivity contribution in [2.75, 3.05) is 0 Å². The van der Waals surface area contributed by atoms with Gasteiger partial charge in [-0.3, -0.25) is 4.79 Å². The lowest BCUT2D eigenvalue weighted by molar-refractivity contribution is -0.159. The third kappa shape index (κ3) is 5.01. The first-order chi connectivity index (χ1) is 12.6. The zero-order chi connectivity index (χ0) is 18.5. The molecule has 0 aromatic carbocycles. The molecule has 2 nitrogen and oxygen atoms in total. The Hall–Kier alpha value is -0.600. The zero-order valence-corrected chi connectivity index (χ0v) is 16.9. The molecule has 0 amide bonds. The first-order valence-corrected chi connectivity index (χ1v) is 11.4. The van der Waals surface area contributed by atoms with Crippen molar-refractivity contribution < 1.29 is 13.9 Å². The van der Waals surface area contributed by atoms with Gasteiger partial charge in [-0.25, -0.2) is 4.39 Å². The van der Waals surface area contributed by atoms with Crippen LogP contribution in [0, 0.1) is 29.6 Å². The summed E-state index contributed by atoms with van der Waals surface area (Å²) in [7, 11) is 0. The molecule has 3 aliphatic rings. The van der Waals surface area contributed by atoms with Gasteiger partial charge in [0, 0.05) is 6.42 Å². The van der Waals surface area contributed by atoms with Gasteiger partial charge in [0.25, 0.3) is 0 Å². The van der Waals surface area contributed by atoms with Gasteiger partial charge in [0.05, 0.1) is 5.92 Å². The lowest BCUT2D eigenvalue weighted by Gasteiger charge is -2.37. The van der Waals surface area contributed by atoms with E-state index in [9.17, 15) is 9.18 Å². The predicted molar refractivity (Wildman–Crippen MR) is 104 cm³/mol. The van der Waals surface area contributed by atoms with Crippen LogP contribution in [0.5, 0.6) is 0 Å². The van der Waals surface area contributed by atoms with Crippen LogP contribution in [0.3, 0.4) is 0 Å². The van der Waals surface area contributed by atoms with Crippen LogP contribution in [0.2, 0.25) is 0 Å². The summed E-state index contributed by atoms with van der Waals surface area (Å²) in [6, 6.07) is 0. The van der Waals surface area contributed by atoms with E-state index >= 15 is 0 Å². The molecular weight excluding hydrogens is 327 g/mol. The number of esters is 1. The highest BCUT2D eigenvalue weighted by molar-refractivity contribution is 5.72. The van der Waals surface area contributed by atoms with Crippen LogP contribution in [0.4, 0.5) is 4.39 Å². The van der Waals surface area contributed by atoms with E-state index in [-0.39, 0.29) is 23.9 Å². The molecule has 0 bridgehead atoms. The van der Waals surface area contributed by atoms with Crippen molar-refractivity contribution in [3.05, 3.63) is 0 Å². The van der Waals surface area contributed by atoms with E-state index in [2.05, 4.69) is 13.8 Å². The van der Waals surface area contributed by atoms with Crippen molar-refractivity contribution in [3.63, 3.8) is 0 Å². The average molecular weight is 367 g/mol.